The fourth-order valence-electron chi connectivity index (χ4n) is 4.57. The molecular formula is C18H34O3. The van der Waals surface area contributed by atoms with Crippen molar-refractivity contribution in [2.45, 2.75) is 77.4 Å². The van der Waals surface area contributed by atoms with Crippen molar-refractivity contribution in [1.29, 1.82) is 0 Å². The van der Waals surface area contributed by atoms with Gasteiger partial charge in [-0.15, -0.1) is 0 Å². The molecule has 3 heteroatoms. The minimum absolute atomic E-state index is 0.147. The van der Waals surface area contributed by atoms with Gasteiger partial charge >= 0.3 is 0 Å². The largest absolute Gasteiger partial charge is 0.394 e. The first kappa shape index (κ1) is 17.2. The normalized spacial score (nSPS) is 34.9. The van der Waals surface area contributed by atoms with E-state index in [2.05, 4.69) is 13.8 Å². The molecule has 0 aromatic heterocycles. The molecule has 124 valence electrons. The second-order valence-corrected chi connectivity index (χ2v) is 7.60. The van der Waals surface area contributed by atoms with Gasteiger partial charge in [-0.05, 0) is 68.6 Å². The number of methoxy groups -OCH3 is 1. The van der Waals surface area contributed by atoms with E-state index in [-0.39, 0.29) is 6.61 Å². The van der Waals surface area contributed by atoms with E-state index in [4.69, 9.17) is 14.6 Å². The molecule has 2 fully saturated rings. The third kappa shape index (κ3) is 4.43. The molecule has 1 N–H and O–H groups in total. The molecule has 0 bridgehead atoms. The van der Waals surface area contributed by atoms with Gasteiger partial charge in [0.25, 0.3) is 0 Å². The highest BCUT2D eigenvalue weighted by molar-refractivity contribution is 4.90. The van der Waals surface area contributed by atoms with E-state index in [0.29, 0.717) is 24.2 Å². The maximum atomic E-state index is 8.85. The van der Waals surface area contributed by atoms with Crippen molar-refractivity contribution >= 4 is 0 Å². The van der Waals surface area contributed by atoms with Gasteiger partial charge in [-0.3, -0.25) is 0 Å². The van der Waals surface area contributed by atoms with Crippen molar-refractivity contribution in [3.05, 3.63) is 0 Å². The highest BCUT2D eigenvalue weighted by Crippen LogP contribution is 2.48. The maximum Gasteiger partial charge on any atom is 0.0701 e. The number of aliphatic hydroxyl groups excluding tert-OH is 1. The van der Waals surface area contributed by atoms with Crippen LogP contribution < -0.4 is 0 Å². The molecule has 0 unspecified atom stereocenters. The van der Waals surface area contributed by atoms with Crippen LogP contribution in [0.4, 0.5) is 0 Å². The molecule has 3 nitrogen and oxygen atoms in total. The molecule has 0 radical (unpaired) electrons. The Morgan fingerprint density at radius 1 is 0.857 bits per heavy atom. The van der Waals surface area contributed by atoms with Crippen molar-refractivity contribution in [1.82, 2.24) is 0 Å². The van der Waals surface area contributed by atoms with Crippen LogP contribution in [-0.2, 0) is 9.47 Å². The summed E-state index contributed by atoms with van der Waals surface area (Å²) in [5.41, 5.74) is 0.445. The highest BCUT2D eigenvalue weighted by atomic mass is 16.5. The minimum Gasteiger partial charge on any atom is -0.394 e. The van der Waals surface area contributed by atoms with Gasteiger partial charge in [0.05, 0.1) is 25.4 Å². The quantitative estimate of drug-likeness (QED) is 0.811. The zero-order valence-corrected chi connectivity index (χ0v) is 14.1. The maximum absolute atomic E-state index is 8.85. The second kappa shape index (κ2) is 7.94. The highest BCUT2D eigenvalue weighted by Gasteiger charge is 2.40. The molecule has 2 rings (SSSR count). The third-order valence-electron chi connectivity index (χ3n) is 6.23. The predicted molar refractivity (Wildman–Crippen MR) is 85.3 cm³/mol. The van der Waals surface area contributed by atoms with Crippen LogP contribution in [0.25, 0.3) is 0 Å². The monoisotopic (exact) mass is 298 g/mol. The van der Waals surface area contributed by atoms with Crippen LogP contribution in [0.3, 0.4) is 0 Å². The number of rotatable bonds is 6. The summed E-state index contributed by atoms with van der Waals surface area (Å²) in [5, 5.41) is 8.85. The molecular weight excluding hydrogens is 264 g/mol. The summed E-state index contributed by atoms with van der Waals surface area (Å²) in [4.78, 5) is 0. The first-order valence-corrected chi connectivity index (χ1v) is 8.83. The molecule has 2 saturated carbocycles. The molecule has 21 heavy (non-hydrogen) atoms. The number of hydrogen-bond acceptors (Lipinski definition) is 3. The number of aliphatic hydroxyl groups is 1. The molecule has 0 atom stereocenters. The van der Waals surface area contributed by atoms with Crippen LogP contribution in [0.2, 0.25) is 0 Å². The van der Waals surface area contributed by atoms with Gasteiger partial charge in [-0.25, -0.2) is 0 Å². The van der Waals surface area contributed by atoms with Gasteiger partial charge in [-0.2, -0.15) is 0 Å². The van der Waals surface area contributed by atoms with Crippen LogP contribution in [0, 0.1) is 17.3 Å². The fraction of sp³-hybridized carbons (Fsp3) is 1.00. The Bertz CT molecular complexity index is 287. The molecule has 0 saturated heterocycles. The van der Waals surface area contributed by atoms with E-state index in [0.717, 1.165) is 11.8 Å². The Morgan fingerprint density at radius 3 is 1.76 bits per heavy atom. The first-order chi connectivity index (χ1) is 10.1. The Hall–Kier alpha value is -0.120. The summed E-state index contributed by atoms with van der Waals surface area (Å²) in [6, 6.07) is 0. The van der Waals surface area contributed by atoms with Gasteiger partial charge in [0, 0.05) is 7.11 Å². The molecule has 0 amide bonds. The average molecular weight is 298 g/mol. The Balaban J connectivity index is 1.81. The number of hydrogen-bond donors (Lipinski definition) is 1. The summed E-state index contributed by atoms with van der Waals surface area (Å²) < 4.78 is 11.2. The zero-order valence-electron chi connectivity index (χ0n) is 14.1. The van der Waals surface area contributed by atoms with Crippen LogP contribution in [-0.4, -0.2) is 37.6 Å². The van der Waals surface area contributed by atoms with E-state index in [9.17, 15) is 0 Å². The lowest BCUT2D eigenvalue weighted by atomic mass is 9.60. The molecule has 0 aromatic rings. The van der Waals surface area contributed by atoms with Gasteiger partial charge in [0.2, 0.25) is 0 Å². The van der Waals surface area contributed by atoms with Crippen molar-refractivity contribution in [2.24, 2.45) is 17.3 Å². The van der Waals surface area contributed by atoms with Crippen molar-refractivity contribution in [3.8, 4) is 0 Å². The van der Waals surface area contributed by atoms with Crippen LogP contribution >= 0.6 is 0 Å². The lowest BCUT2D eigenvalue weighted by Crippen LogP contribution is -2.39. The summed E-state index contributed by atoms with van der Waals surface area (Å²) >= 11 is 0. The fourth-order valence-corrected chi connectivity index (χ4v) is 4.57. The lowest BCUT2D eigenvalue weighted by Gasteiger charge is -2.46. The smallest absolute Gasteiger partial charge is 0.0701 e. The second-order valence-electron chi connectivity index (χ2n) is 7.60. The molecule has 2 aliphatic carbocycles. The van der Waals surface area contributed by atoms with E-state index < -0.39 is 0 Å². The first-order valence-electron chi connectivity index (χ1n) is 8.83. The van der Waals surface area contributed by atoms with Gasteiger partial charge in [0.1, 0.15) is 0 Å². The van der Waals surface area contributed by atoms with E-state index in [1.54, 1.807) is 0 Å². The van der Waals surface area contributed by atoms with Gasteiger partial charge in [0.15, 0.2) is 0 Å². The summed E-state index contributed by atoms with van der Waals surface area (Å²) in [5.74, 6) is 1.68. The minimum atomic E-state index is 0.147. The standard InChI is InChI=1S/C18H34O3/c1-18(2,14-4-8-16(20-3)9-5-14)15-6-10-17(11-7-15)21-13-12-19/h14-17,19H,4-13H2,1-3H3. The molecule has 0 aromatic carbocycles. The van der Waals surface area contributed by atoms with Gasteiger partial charge in [-0.1, -0.05) is 13.8 Å². The molecule has 2 aliphatic rings. The van der Waals surface area contributed by atoms with Crippen molar-refractivity contribution < 1.29 is 14.6 Å². The lowest BCUT2D eigenvalue weighted by molar-refractivity contribution is -0.0343. The molecule has 0 aliphatic heterocycles. The summed E-state index contributed by atoms with van der Waals surface area (Å²) in [6.45, 7) is 5.63. The van der Waals surface area contributed by atoms with Gasteiger partial charge < -0.3 is 14.6 Å². The summed E-state index contributed by atoms with van der Waals surface area (Å²) in [6.07, 6.45) is 10.9. The molecule has 0 heterocycles. The van der Waals surface area contributed by atoms with E-state index in [1.807, 2.05) is 7.11 Å². The zero-order chi connectivity index (χ0) is 15.3. The Kier molecular flexibility index (Phi) is 6.51. The SMILES string of the molecule is COC1CCC(C(C)(C)C2CCC(OCCO)CC2)CC1. The number of ether oxygens (including phenoxy) is 2. The van der Waals surface area contributed by atoms with Crippen molar-refractivity contribution in [3.63, 3.8) is 0 Å². The predicted octanol–water partition coefficient (Wildman–Crippen LogP) is 3.79. The molecule has 0 spiro atoms. The topological polar surface area (TPSA) is 38.7 Å². The van der Waals surface area contributed by atoms with Crippen LogP contribution in [0.1, 0.15) is 65.2 Å². The van der Waals surface area contributed by atoms with Crippen LogP contribution in [0.5, 0.6) is 0 Å². The summed E-state index contributed by atoms with van der Waals surface area (Å²) in [7, 11) is 1.85. The van der Waals surface area contributed by atoms with E-state index >= 15 is 0 Å². The third-order valence-corrected chi connectivity index (χ3v) is 6.23. The average Bonchev–Trinajstić information content (AvgIpc) is 2.53. The Labute approximate surface area is 130 Å². The van der Waals surface area contributed by atoms with E-state index in [1.165, 1.54) is 51.4 Å². The Morgan fingerprint density at radius 2 is 1.33 bits per heavy atom. The van der Waals surface area contributed by atoms with Crippen LogP contribution in [0.15, 0.2) is 0 Å². The van der Waals surface area contributed by atoms with Crippen molar-refractivity contribution in [2.75, 3.05) is 20.3 Å².